The molecular formula is C62H114O6. The van der Waals surface area contributed by atoms with Crippen LogP contribution in [0, 0.1) is 0 Å². The molecule has 0 fully saturated rings. The van der Waals surface area contributed by atoms with E-state index in [-0.39, 0.29) is 31.1 Å². The fraction of sp³-hybridized carbons (Fsp3) is 0.855. The lowest BCUT2D eigenvalue weighted by atomic mass is 10.0. The summed E-state index contributed by atoms with van der Waals surface area (Å²) in [6.07, 6.45) is 68.4. The first kappa shape index (κ1) is 65.6. The van der Waals surface area contributed by atoms with Gasteiger partial charge in [-0.15, -0.1) is 0 Å². The molecule has 0 saturated carbocycles. The zero-order valence-electron chi connectivity index (χ0n) is 45.6. The number of hydrogen-bond donors (Lipinski definition) is 0. The zero-order chi connectivity index (χ0) is 49.3. The van der Waals surface area contributed by atoms with Crippen molar-refractivity contribution in [2.75, 3.05) is 13.2 Å². The van der Waals surface area contributed by atoms with Gasteiger partial charge in [0.05, 0.1) is 0 Å². The van der Waals surface area contributed by atoms with Gasteiger partial charge in [0.15, 0.2) is 6.10 Å². The quantitative estimate of drug-likeness (QED) is 0.0262. The van der Waals surface area contributed by atoms with Gasteiger partial charge in [-0.1, -0.05) is 263 Å². The Hall–Kier alpha value is -2.37. The normalized spacial score (nSPS) is 12.2. The van der Waals surface area contributed by atoms with E-state index in [2.05, 4.69) is 57.2 Å². The molecule has 0 radical (unpaired) electrons. The summed E-state index contributed by atoms with van der Waals surface area (Å²) >= 11 is 0. The van der Waals surface area contributed by atoms with E-state index in [1.165, 1.54) is 212 Å². The summed E-state index contributed by atoms with van der Waals surface area (Å²) in [5.41, 5.74) is 0. The third-order valence-electron chi connectivity index (χ3n) is 13.4. The van der Waals surface area contributed by atoms with Crippen molar-refractivity contribution in [2.24, 2.45) is 0 Å². The molecule has 0 bridgehead atoms. The van der Waals surface area contributed by atoms with Gasteiger partial charge in [-0.05, 0) is 77.0 Å². The molecule has 0 spiro atoms. The van der Waals surface area contributed by atoms with E-state index in [9.17, 15) is 14.4 Å². The summed E-state index contributed by atoms with van der Waals surface area (Å²) in [4.78, 5) is 38.2. The van der Waals surface area contributed by atoms with Crippen LogP contribution in [0.5, 0.6) is 0 Å². The molecule has 6 nitrogen and oxygen atoms in total. The lowest BCUT2D eigenvalue weighted by Gasteiger charge is -2.18. The number of hydrogen-bond acceptors (Lipinski definition) is 6. The first-order valence-corrected chi connectivity index (χ1v) is 30.0. The molecule has 0 aromatic rings. The molecule has 0 amide bonds. The molecule has 1 unspecified atom stereocenters. The van der Waals surface area contributed by atoms with Gasteiger partial charge < -0.3 is 14.2 Å². The highest BCUT2D eigenvalue weighted by molar-refractivity contribution is 5.71. The van der Waals surface area contributed by atoms with Crippen molar-refractivity contribution in [1.29, 1.82) is 0 Å². The number of esters is 3. The maximum Gasteiger partial charge on any atom is 0.306 e. The Morgan fingerprint density at radius 1 is 0.294 bits per heavy atom. The number of rotatable bonds is 55. The van der Waals surface area contributed by atoms with Gasteiger partial charge in [0.1, 0.15) is 13.2 Å². The molecule has 0 aliphatic heterocycles. The minimum Gasteiger partial charge on any atom is -0.462 e. The van der Waals surface area contributed by atoms with Crippen LogP contribution in [0.25, 0.3) is 0 Å². The highest BCUT2D eigenvalue weighted by Crippen LogP contribution is 2.16. The van der Waals surface area contributed by atoms with E-state index in [0.29, 0.717) is 19.3 Å². The van der Waals surface area contributed by atoms with Crippen molar-refractivity contribution in [3.8, 4) is 0 Å². The summed E-state index contributed by atoms with van der Waals surface area (Å²) in [5.74, 6) is -0.866. The molecular weight excluding hydrogens is 841 g/mol. The van der Waals surface area contributed by atoms with E-state index >= 15 is 0 Å². The molecule has 0 aliphatic carbocycles. The summed E-state index contributed by atoms with van der Waals surface area (Å²) in [5, 5.41) is 0. The fourth-order valence-corrected chi connectivity index (χ4v) is 8.82. The van der Waals surface area contributed by atoms with E-state index in [1.54, 1.807) is 0 Å². The summed E-state index contributed by atoms with van der Waals surface area (Å²) in [6.45, 7) is 6.65. The van der Waals surface area contributed by atoms with Crippen molar-refractivity contribution < 1.29 is 28.6 Å². The van der Waals surface area contributed by atoms with Gasteiger partial charge >= 0.3 is 17.9 Å². The smallest absolute Gasteiger partial charge is 0.306 e. The number of allylic oxidation sites excluding steroid dienone is 6. The second-order valence-corrected chi connectivity index (χ2v) is 20.3. The average Bonchev–Trinajstić information content (AvgIpc) is 3.34. The van der Waals surface area contributed by atoms with Crippen LogP contribution in [0.1, 0.15) is 323 Å². The van der Waals surface area contributed by atoms with Gasteiger partial charge in [0.25, 0.3) is 0 Å². The van der Waals surface area contributed by atoms with Crippen molar-refractivity contribution in [1.82, 2.24) is 0 Å². The molecule has 68 heavy (non-hydrogen) atoms. The van der Waals surface area contributed by atoms with E-state index in [4.69, 9.17) is 14.2 Å². The van der Waals surface area contributed by atoms with Crippen LogP contribution in [0.3, 0.4) is 0 Å². The number of ether oxygens (including phenoxy) is 3. The van der Waals surface area contributed by atoms with Crippen LogP contribution in [0.2, 0.25) is 0 Å². The fourth-order valence-electron chi connectivity index (χ4n) is 8.82. The first-order chi connectivity index (χ1) is 33.5. The minimum absolute atomic E-state index is 0.0729. The Morgan fingerprint density at radius 2 is 0.529 bits per heavy atom. The Morgan fingerprint density at radius 3 is 0.853 bits per heavy atom. The number of unbranched alkanes of at least 4 members (excludes halogenated alkanes) is 38. The highest BCUT2D eigenvalue weighted by Gasteiger charge is 2.19. The van der Waals surface area contributed by atoms with Gasteiger partial charge in [-0.2, -0.15) is 0 Å². The molecule has 398 valence electrons. The SMILES string of the molecule is CCCCC/C=C\C/C=C\CCCCCCCCCC(=O)OC(COC(=O)CCCCCCCCC/C=C\CCCCCCCCC)COC(=O)CCCCCCCCCCCCCCCCC. The summed E-state index contributed by atoms with van der Waals surface area (Å²) < 4.78 is 16.9. The lowest BCUT2D eigenvalue weighted by Crippen LogP contribution is -2.30. The topological polar surface area (TPSA) is 78.9 Å². The Bertz CT molecular complexity index is 1140. The van der Waals surface area contributed by atoms with Crippen molar-refractivity contribution in [3.63, 3.8) is 0 Å². The van der Waals surface area contributed by atoms with Crippen molar-refractivity contribution in [3.05, 3.63) is 36.5 Å². The van der Waals surface area contributed by atoms with E-state index < -0.39 is 6.10 Å². The third kappa shape index (κ3) is 54.6. The molecule has 1 atom stereocenters. The predicted molar refractivity (Wildman–Crippen MR) is 293 cm³/mol. The summed E-state index contributed by atoms with van der Waals surface area (Å²) in [7, 11) is 0. The molecule has 0 aliphatic rings. The number of carbonyl (C=O) groups excluding carboxylic acids is 3. The first-order valence-electron chi connectivity index (χ1n) is 30.0. The van der Waals surface area contributed by atoms with Crippen LogP contribution in [0.4, 0.5) is 0 Å². The number of carbonyl (C=O) groups is 3. The Balaban J connectivity index is 4.35. The van der Waals surface area contributed by atoms with Gasteiger partial charge in [-0.25, -0.2) is 0 Å². The molecule has 6 heteroatoms. The monoisotopic (exact) mass is 955 g/mol. The van der Waals surface area contributed by atoms with Crippen LogP contribution < -0.4 is 0 Å². The van der Waals surface area contributed by atoms with Crippen LogP contribution in [0.15, 0.2) is 36.5 Å². The average molecular weight is 956 g/mol. The van der Waals surface area contributed by atoms with Crippen LogP contribution in [-0.4, -0.2) is 37.2 Å². The van der Waals surface area contributed by atoms with Crippen molar-refractivity contribution in [2.45, 2.75) is 329 Å². The Labute approximate surface area is 423 Å². The maximum absolute atomic E-state index is 12.9. The van der Waals surface area contributed by atoms with E-state index in [0.717, 1.165) is 70.6 Å². The summed E-state index contributed by atoms with van der Waals surface area (Å²) in [6, 6.07) is 0. The molecule has 0 N–H and O–H groups in total. The standard InChI is InChI=1S/C62H114O6/c1-4-7-10-13-16-19-22-25-28-30-32-34-37-40-43-46-49-52-55-61(64)67-58-59(57-66-60(63)54-51-48-45-42-39-36-33-27-24-21-18-15-12-9-6-3)68-62(65)56-53-50-47-44-41-38-35-31-29-26-23-20-17-14-11-8-5-2/h17,20,26,28-30,59H,4-16,18-19,21-25,27,31-58H2,1-3H3/b20-17-,29-26-,30-28-. The van der Waals surface area contributed by atoms with Gasteiger partial charge in [-0.3, -0.25) is 14.4 Å². The minimum atomic E-state index is -0.775. The second-order valence-electron chi connectivity index (χ2n) is 20.3. The maximum atomic E-state index is 12.9. The van der Waals surface area contributed by atoms with Crippen molar-refractivity contribution >= 4 is 17.9 Å². The predicted octanol–water partition coefficient (Wildman–Crippen LogP) is 20.0. The molecule has 0 saturated heterocycles. The third-order valence-corrected chi connectivity index (χ3v) is 13.4. The lowest BCUT2D eigenvalue weighted by molar-refractivity contribution is -0.167. The Kier molecular flexibility index (Phi) is 55.2. The second kappa shape index (κ2) is 57.2. The van der Waals surface area contributed by atoms with Gasteiger partial charge in [0, 0.05) is 19.3 Å². The van der Waals surface area contributed by atoms with Crippen LogP contribution >= 0.6 is 0 Å². The molecule has 0 rings (SSSR count). The van der Waals surface area contributed by atoms with Gasteiger partial charge in [0.2, 0.25) is 0 Å². The van der Waals surface area contributed by atoms with E-state index in [1.807, 2.05) is 0 Å². The zero-order valence-corrected chi connectivity index (χ0v) is 45.6. The molecule has 0 aromatic carbocycles. The largest absolute Gasteiger partial charge is 0.462 e. The molecule has 0 aromatic heterocycles. The molecule has 0 heterocycles. The van der Waals surface area contributed by atoms with Crippen LogP contribution in [-0.2, 0) is 28.6 Å². The highest BCUT2D eigenvalue weighted by atomic mass is 16.6.